The van der Waals surface area contributed by atoms with Gasteiger partial charge in [0.05, 0.1) is 18.1 Å². The molecule has 0 saturated carbocycles. The zero-order chi connectivity index (χ0) is 18.4. The van der Waals surface area contributed by atoms with E-state index in [9.17, 15) is 19.5 Å². The number of carbonyl (C=O) groups excluding carboxylic acids is 3. The maximum absolute atomic E-state index is 12.5. The first kappa shape index (κ1) is 18.9. The first-order valence-electron chi connectivity index (χ1n) is 8.37. The highest BCUT2D eigenvalue weighted by atomic mass is 16.6. The van der Waals surface area contributed by atoms with Gasteiger partial charge in [-0.05, 0) is 25.3 Å². The number of rotatable bonds is 7. The molecule has 2 rings (SSSR count). The molecule has 136 valence electrons. The molecule has 7 nitrogen and oxygen atoms in total. The zero-order valence-corrected chi connectivity index (χ0v) is 14.3. The second-order valence-corrected chi connectivity index (χ2v) is 6.31. The van der Waals surface area contributed by atoms with Gasteiger partial charge in [0.1, 0.15) is 6.61 Å². The lowest BCUT2D eigenvalue weighted by atomic mass is 9.93. The Labute approximate surface area is 146 Å². The Kier molecular flexibility index (Phi) is 6.52. The number of ether oxygens (including phenoxy) is 1. The summed E-state index contributed by atoms with van der Waals surface area (Å²) in [6.07, 6.45) is -0.536. The smallest absolute Gasteiger partial charge is 0.410 e. The zero-order valence-electron chi connectivity index (χ0n) is 14.3. The van der Waals surface area contributed by atoms with Crippen LogP contribution in [0.2, 0.25) is 0 Å². The van der Waals surface area contributed by atoms with Gasteiger partial charge in [-0.15, -0.1) is 0 Å². The van der Waals surface area contributed by atoms with Gasteiger partial charge < -0.3 is 15.6 Å². The van der Waals surface area contributed by atoms with Gasteiger partial charge in [-0.3, -0.25) is 14.5 Å². The number of carbonyl (C=O) groups is 3. The van der Waals surface area contributed by atoms with E-state index in [1.165, 1.54) is 11.8 Å². The monoisotopic (exact) mass is 348 g/mol. The molecule has 1 aromatic rings. The second-order valence-electron chi connectivity index (χ2n) is 6.31. The van der Waals surface area contributed by atoms with Crippen LogP contribution in [0.3, 0.4) is 0 Å². The minimum atomic E-state index is -1.01. The SMILES string of the molecule is C[C@@H](O)[C@H](CC(=O)[C@@H]1CCCN1C(=O)OCc1ccccc1)C(N)=O. The number of aliphatic hydroxyl groups excluding tert-OH is 1. The van der Waals surface area contributed by atoms with Crippen molar-refractivity contribution in [3.05, 3.63) is 35.9 Å². The number of primary amides is 1. The molecule has 0 unspecified atom stereocenters. The minimum absolute atomic E-state index is 0.134. The average molecular weight is 348 g/mol. The number of nitrogens with zero attached hydrogens (tertiary/aromatic N) is 1. The third-order valence-corrected chi connectivity index (χ3v) is 4.43. The Morgan fingerprint density at radius 1 is 1.32 bits per heavy atom. The van der Waals surface area contributed by atoms with Crippen LogP contribution in [-0.4, -0.2) is 46.5 Å². The number of Topliss-reactive ketones (excluding diaryl/α,β-unsaturated/α-hetero) is 1. The van der Waals surface area contributed by atoms with E-state index in [2.05, 4.69) is 0 Å². The number of benzene rings is 1. The predicted molar refractivity (Wildman–Crippen MR) is 90.3 cm³/mol. The van der Waals surface area contributed by atoms with Gasteiger partial charge in [-0.2, -0.15) is 0 Å². The largest absolute Gasteiger partial charge is 0.445 e. The number of hydrogen-bond acceptors (Lipinski definition) is 5. The van der Waals surface area contributed by atoms with Crippen LogP contribution in [0.25, 0.3) is 0 Å². The number of likely N-dealkylation sites (tertiary alicyclic amines) is 1. The summed E-state index contributed by atoms with van der Waals surface area (Å²) in [6.45, 7) is 1.98. The van der Waals surface area contributed by atoms with Crippen LogP contribution in [0.1, 0.15) is 31.7 Å². The fourth-order valence-electron chi connectivity index (χ4n) is 2.98. The van der Waals surface area contributed by atoms with E-state index in [4.69, 9.17) is 10.5 Å². The molecule has 0 aromatic heterocycles. The van der Waals surface area contributed by atoms with Crippen LogP contribution in [0.15, 0.2) is 30.3 Å². The fourth-order valence-corrected chi connectivity index (χ4v) is 2.98. The van der Waals surface area contributed by atoms with Crippen molar-refractivity contribution < 1.29 is 24.2 Å². The maximum atomic E-state index is 12.5. The third kappa shape index (κ3) is 5.03. The molecule has 25 heavy (non-hydrogen) atoms. The first-order chi connectivity index (χ1) is 11.9. The Hall–Kier alpha value is -2.41. The summed E-state index contributed by atoms with van der Waals surface area (Å²) < 4.78 is 5.29. The molecule has 3 atom stereocenters. The first-order valence-corrected chi connectivity index (χ1v) is 8.37. The summed E-state index contributed by atoms with van der Waals surface area (Å²) in [7, 11) is 0. The van der Waals surface area contributed by atoms with Crippen molar-refractivity contribution in [3.63, 3.8) is 0 Å². The molecule has 0 spiro atoms. The van der Waals surface area contributed by atoms with E-state index >= 15 is 0 Å². The summed E-state index contributed by atoms with van der Waals surface area (Å²) >= 11 is 0. The molecule has 3 N–H and O–H groups in total. The molecule has 1 aromatic carbocycles. The summed E-state index contributed by atoms with van der Waals surface area (Å²) in [5, 5.41) is 9.60. The third-order valence-electron chi connectivity index (χ3n) is 4.43. The van der Waals surface area contributed by atoms with Gasteiger partial charge in [0.2, 0.25) is 5.91 Å². The van der Waals surface area contributed by atoms with Gasteiger partial charge >= 0.3 is 6.09 Å². The highest BCUT2D eigenvalue weighted by molar-refractivity contribution is 5.91. The van der Waals surface area contributed by atoms with Crippen molar-refractivity contribution in [2.75, 3.05) is 6.54 Å². The Balaban J connectivity index is 1.95. The highest BCUT2D eigenvalue weighted by Crippen LogP contribution is 2.23. The Bertz CT molecular complexity index is 617. The summed E-state index contributed by atoms with van der Waals surface area (Å²) in [4.78, 5) is 37.5. The number of amides is 2. The van der Waals surface area contributed by atoms with E-state index in [1.807, 2.05) is 30.3 Å². The number of ketones is 1. The van der Waals surface area contributed by atoms with E-state index in [0.29, 0.717) is 19.4 Å². The predicted octanol–water partition coefficient (Wildman–Crippen LogP) is 1.23. The van der Waals surface area contributed by atoms with Crippen LogP contribution < -0.4 is 5.73 Å². The van der Waals surface area contributed by atoms with Crippen LogP contribution in [0.5, 0.6) is 0 Å². The molecule has 1 heterocycles. The molecule has 0 bridgehead atoms. The topological polar surface area (TPSA) is 110 Å². The maximum Gasteiger partial charge on any atom is 0.410 e. The van der Waals surface area contributed by atoms with E-state index in [-0.39, 0.29) is 18.8 Å². The van der Waals surface area contributed by atoms with Crippen molar-refractivity contribution >= 4 is 17.8 Å². The lowest BCUT2D eigenvalue weighted by Gasteiger charge is -2.25. The Morgan fingerprint density at radius 3 is 2.60 bits per heavy atom. The van der Waals surface area contributed by atoms with Crippen molar-refractivity contribution in [1.29, 1.82) is 0 Å². The summed E-state index contributed by atoms with van der Waals surface area (Å²) in [6, 6.07) is 8.64. The van der Waals surface area contributed by atoms with E-state index in [1.54, 1.807) is 0 Å². The number of aliphatic hydroxyl groups is 1. The van der Waals surface area contributed by atoms with Crippen LogP contribution in [0, 0.1) is 5.92 Å². The van der Waals surface area contributed by atoms with Crippen molar-refractivity contribution in [2.24, 2.45) is 11.7 Å². The van der Waals surface area contributed by atoms with Crippen molar-refractivity contribution in [3.8, 4) is 0 Å². The van der Waals surface area contributed by atoms with E-state index < -0.39 is 30.1 Å². The number of nitrogens with two attached hydrogens (primary N) is 1. The van der Waals surface area contributed by atoms with Gasteiger partial charge in [-0.1, -0.05) is 30.3 Å². The number of hydrogen-bond donors (Lipinski definition) is 2. The molecule has 1 fully saturated rings. The van der Waals surface area contributed by atoms with E-state index in [0.717, 1.165) is 5.56 Å². The Morgan fingerprint density at radius 2 is 2.00 bits per heavy atom. The molecule has 0 radical (unpaired) electrons. The van der Waals surface area contributed by atoms with Gasteiger partial charge in [0.15, 0.2) is 5.78 Å². The molecule has 1 aliphatic heterocycles. The highest BCUT2D eigenvalue weighted by Gasteiger charge is 2.37. The molecule has 7 heteroatoms. The lowest BCUT2D eigenvalue weighted by Crippen LogP contribution is -2.43. The minimum Gasteiger partial charge on any atom is -0.445 e. The van der Waals surface area contributed by atoms with Gasteiger partial charge in [-0.25, -0.2) is 4.79 Å². The van der Waals surface area contributed by atoms with Crippen molar-refractivity contribution in [1.82, 2.24) is 4.90 Å². The normalized spacial score (nSPS) is 19.3. The second kappa shape index (κ2) is 8.62. The quantitative estimate of drug-likeness (QED) is 0.770. The molecule has 1 aliphatic rings. The van der Waals surface area contributed by atoms with Crippen LogP contribution >= 0.6 is 0 Å². The van der Waals surface area contributed by atoms with Crippen LogP contribution in [-0.2, 0) is 20.9 Å². The standard InChI is InChI=1S/C18H24N2O5/c1-12(21)14(17(19)23)10-16(22)15-8-5-9-20(15)18(24)25-11-13-6-3-2-4-7-13/h2-4,6-7,12,14-15,21H,5,8-11H2,1H3,(H2,19,23)/t12-,14+,15+/m1/s1. The van der Waals surface area contributed by atoms with Gasteiger partial charge in [0, 0.05) is 13.0 Å². The molecular weight excluding hydrogens is 324 g/mol. The summed E-state index contributed by atoms with van der Waals surface area (Å²) in [5.41, 5.74) is 6.10. The van der Waals surface area contributed by atoms with Crippen molar-refractivity contribution in [2.45, 2.75) is 44.9 Å². The fraction of sp³-hybridized carbons (Fsp3) is 0.500. The average Bonchev–Trinajstić information content (AvgIpc) is 3.07. The molecule has 0 aliphatic carbocycles. The lowest BCUT2D eigenvalue weighted by molar-refractivity contribution is -0.132. The van der Waals surface area contributed by atoms with Gasteiger partial charge in [0.25, 0.3) is 0 Å². The molecule has 1 saturated heterocycles. The molecular formula is C18H24N2O5. The van der Waals surface area contributed by atoms with Crippen LogP contribution in [0.4, 0.5) is 4.79 Å². The summed E-state index contributed by atoms with van der Waals surface area (Å²) in [5.74, 6) is -1.95. The molecule has 2 amide bonds.